The molecule has 0 radical (unpaired) electrons. The first-order chi connectivity index (χ1) is 7.79. The fourth-order valence-corrected chi connectivity index (χ4v) is 2.06. The quantitative estimate of drug-likeness (QED) is 0.825. The van der Waals surface area contributed by atoms with Crippen LogP contribution in [-0.4, -0.2) is 22.0 Å². The number of halogens is 3. The topological polar surface area (TPSA) is 29.9 Å². The Bertz CT molecular complexity index is 409. The molecule has 2 unspecified atom stereocenters. The molecule has 0 aromatic carbocycles. The predicted octanol–water partition coefficient (Wildman–Crippen LogP) is 3.31. The minimum atomic E-state index is -4.24. The summed E-state index contributed by atoms with van der Waals surface area (Å²) in [4.78, 5) is 0. The summed E-state index contributed by atoms with van der Waals surface area (Å²) in [6, 6.07) is 0.00564. The summed E-state index contributed by atoms with van der Waals surface area (Å²) in [5.41, 5.74) is 0.691. The lowest BCUT2D eigenvalue weighted by Gasteiger charge is -2.31. The molecule has 0 spiro atoms. The second kappa shape index (κ2) is 3.92. The van der Waals surface area contributed by atoms with Crippen LogP contribution in [0.1, 0.15) is 44.8 Å². The van der Waals surface area contributed by atoms with Crippen molar-refractivity contribution in [2.75, 3.05) is 5.32 Å². The maximum Gasteiger partial charge on any atom is 0.410 e. The number of nitrogens with zero attached hydrogens (tertiary/aromatic N) is 2. The van der Waals surface area contributed by atoms with Crippen LogP contribution in [0.3, 0.4) is 0 Å². The van der Waals surface area contributed by atoms with Gasteiger partial charge in [0.1, 0.15) is 5.82 Å². The summed E-state index contributed by atoms with van der Waals surface area (Å²) in [7, 11) is 0. The lowest BCUT2D eigenvalue weighted by molar-refractivity contribution is -0.173. The smallest absolute Gasteiger partial charge is 0.368 e. The average Bonchev–Trinajstić information content (AvgIpc) is 2.58. The van der Waals surface area contributed by atoms with Crippen LogP contribution in [-0.2, 0) is 0 Å². The second-order valence-electron chi connectivity index (χ2n) is 4.89. The maximum atomic E-state index is 12.9. The molecule has 2 rings (SSSR count). The van der Waals surface area contributed by atoms with E-state index in [2.05, 4.69) is 10.4 Å². The zero-order valence-corrected chi connectivity index (χ0v) is 10.0. The molecule has 1 aromatic heterocycles. The van der Waals surface area contributed by atoms with Crippen molar-refractivity contribution in [3.05, 3.63) is 11.8 Å². The Labute approximate surface area is 98.0 Å². The minimum Gasteiger partial charge on any atom is -0.368 e. The molecule has 0 aliphatic carbocycles. The van der Waals surface area contributed by atoms with Gasteiger partial charge in [-0.25, -0.2) is 4.68 Å². The highest BCUT2D eigenvalue weighted by molar-refractivity contribution is 5.41. The van der Waals surface area contributed by atoms with Gasteiger partial charge in [-0.3, -0.25) is 0 Å². The fourth-order valence-electron chi connectivity index (χ4n) is 2.06. The van der Waals surface area contributed by atoms with Crippen LogP contribution < -0.4 is 5.32 Å². The Kier molecular flexibility index (Phi) is 2.83. The fraction of sp³-hybridized carbons (Fsp3) is 0.727. The van der Waals surface area contributed by atoms with Crippen LogP contribution in [0.4, 0.5) is 19.0 Å². The van der Waals surface area contributed by atoms with Gasteiger partial charge in [0.25, 0.3) is 0 Å². The van der Waals surface area contributed by atoms with Crippen molar-refractivity contribution in [2.45, 2.75) is 51.4 Å². The summed E-state index contributed by atoms with van der Waals surface area (Å²) in [5.74, 6) is 0.592. The summed E-state index contributed by atoms with van der Waals surface area (Å²) < 4.78 is 39.8. The molecule has 0 saturated carbocycles. The van der Waals surface area contributed by atoms with Crippen molar-refractivity contribution in [1.29, 1.82) is 0 Å². The first kappa shape index (κ1) is 12.3. The van der Waals surface area contributed by atoms with Crippen molar-refractivity contribution < 1.29 is 13.2 Å². The molecule has 17 heavy (non-hydrogen) atoms. The van der Waals surface area contributed by atoms with Gasteiger partial charge in [0, 0.05) is 12.1 Å². The molecule has 0 amide bonds. The van der Waals surface area contributed by atoms with E-state index in [0.717, 1.165) is 4.68 Å². The van der Waals surface area contributed by atoms with Crippen molar-refractivity contribution in [2.24, 2.45) is 0 Å². The maximum absolute atomic E-state index is 12.9. The van der Waals surface area contributed by atoms with E-state index in [4.69, 9.17) is 0 Å². The van der Waals surface area contributed by atoms with E-state index >= 15 is 0 Å². The van der Waals surface area contributed by atoms with E-state index in [-0.39, 0.29) is 18.4 Å². The molecule has 2 heterocycles. The highest BCUT2D eigenvalue weighted by Gasteiger charge is 2.45. The standard InChI is InChI=1S/C11H16F3N3/c1-6(2)8-5-10-15-7(3)4-9(11(12,13)14)17(10)16-8/h5-7,9,15H,4H2,1-3H3. The molecule has 1 aliphatic heterocycles. The minimum absolute atomic E-state index is 0.0235. The lowest BCUT2D eigenvalue weighted by Crippen LogP contribution is -2.37. The van der Waals surface area contributed by atoms with Crippen LogP contribution >= 0.6 is 0 Å². The van der Waals surface area contributed by atoms with Crippen molar-refractivity contribution in [1.82, 2.24) is 9.78 Å². The SMILES string of the molecule is CC1CC(C(F)(F)F)n2nc(C(C)C)cc2N1. The van der Waals surface area contributed by atoms with Gasteiger partial charge < -0.3 is 5.32 Å². The second-order valence-corrected chi connectivity index (χ2v) is 4.89. The summed E-state index contributed by atoms with van der Waals surface area (Å²) >= 11 is 0. The molecule has 96 valence electrons. The Morgan fingerprint density at radius 1 is 1.47 bits per heavy atom. The number of fused-ring (bicyclic) bond motifs is 1. The third-order valence-corrected chi connectivity index (χ3v) is 2.99. The third kappa shape index (κ3) is 2.25. The monoisotopic (exact) mass is 247 g/mol. The molecular weight excluding hydrogens is 231 g/mol. The number of rotatable bonds is 1. The third-order valence-electron chi connectivity index (χ3n) is 2.99. The predicted molar refractivity (Wildman–Crippen MR) is 59.1 cm³/mol. The van der Waals surface area contributed by atoms with Gasteiger partial charge in [0.05, 0.1) is 5.69 Å². The average molecular weight is 247 g/mol. The molecule has 6 heteroatoms. The van der Waals surface area contributed by atoms with E-state index in [9.17, 15) is 13.2 Å². The van der Waals surface area contributed by atoms with Gasteiger partial charge in [-0.1, -0.05) is 13.8 Å². The number of aromatic nitrogens is 2. The van der Waals surface area contributed by atoms with E-state index in [1.807, 2.05) is 13.8 Å². The van der Waals surface area contributed by atoms with Gasteiger partial charge in [-0.15, -0.1) is 0 Å². The zero-order valence-electron chi connectivity index (χ0n) is 10.0. The van der Waals surface area contributed by atoms with Crippen molar-refractivity contribution >= 4 is 5.82 Å². The molecule has 3 nitrogen and oxygen atoms in total. The molecule has 1 N–H and O–H groups in total. The van der Waals surface area contributed by atoms with Gasteiger partial charge in [0.15, 0.2) is 6.04 Å². The van der Waals surface area contributed by atoms with Crippen LogP contribution in [0.5, 0.6) is 0 Å². The summed E-state index contributed by atoms with van der Waals surface area (Å²) in [6.45, 7) is 5.59. The number of hydrogen-bond acceptors (Lipinski definition) is 2. The van der Waals surface area contributed by atoms with Crippen molar-refractivity contribution in [3.8, 4) is 0 Å². The number of alkyl halides is 3. The van der Waals surface area contributed by atoms with Gasteiger partial charge in [0.2, 0.25) is 0 Å². The van der Waals surface area contributed by atoms with E-state index in [0.29, 0.717) is 11.5 Å². The van der Waals surface area contributed by atoms with Crippen LogP contribution in [0.15, 0.2) is 6.07 Å². The van der Waals surface area contributed by atoms with E-state index < -0.39 is 12.2 Å². The number of anilines is 1. The van der Waals surface area contributed by atoms with Crippen LogP contribution in [0.25, 0.3) is 0 Å². The number of nitrogens with one attached hydrogen (secondary N) is 1. The highest BCUT2D eigenvalue weighted by Crippen LogP contribution is 2.39. The first-order valence-corrected chi connectivity index (χ1v) is 5.71. The Morgan fingerprint density at radius 2 is 2.12 bits per heavy atom. The first-order valence-electron chi connectivity index (χ1n) is 5.71. The molecule has 1 aromatic rings. The normalized spacial score (nSPS) is 24.6. The molecule has 0 fully saturated rings. The summed E-state index contributed by atoms with van der Waals surface area (Å²) in [6.07, 6.45) is -4.22. The zero-order chi connectivity index (χ0) is 12.8. The molecular formula is C11H16F3N3. The Morgan fingerprint density at radius 3 is 2.65 bits per heavy atom. The van der Waals surface area contributed by atoms with E-state index in [1.54, 1.807) is 13.0 Å². The van der Waals surface area contributed by atoms with Crippen LogP contribution in [0.2, 0.25) is 0 Å². The van der Waals surface area contributed by atoms with Crippen LogP contribution in [0, 0.1) is 0 Å². The molecule has 0 bridgehead atoms. The summed E-state index contributed by atoms with van der Waals surface area (Å²) in [5, 5.41) is 7.10. The van der Waals surface area contributed by atoms with Crippen molar-refractivity contribution in [3.63, 3.8) is 0 Å². The molecule has 1 aliphatic rings. The lowest BCUT2D eigenvalue weighted by atomic mass is 10.1. The van der Waals surface area contributed by atoms with Gasteiger partial charge in [-0.2, -0.15) is 18.3 Å². The Hall–Kier alpha value is -1.20. The van der Waals surface area contributed by atoms with E-state index in [1.165, 1.54) is 0 Å². The van der Waals surface area contributed by atoms with Gasteiger partial charge >= 0.3 is 6.18 Å². The highest BCUT2D eigenvalue weighted by atomic mass is 19.4. The Balaban J connectivity index is 2.42. The largest absolute Gasteiger partial charge is 0.410 e. The number of hydrogen-bond donors (Lipinski definition) is 1. The molecule has 2 atom stereocenters. The van der Waals surface area contributed by atoms with Gasteiger partial charge in [-0.05, 0) is 19.3 Å². The molecule has 0 saturated heterocycles.